The third-order valence-electron chi connectivity index (χ3n) is 3.99. The average molecular weight is 268 g/mol. The van der Waals surface area contributed by atoms with E-state index in [1.54, 1.807) is 4.90 Å². The van der Waals surface area contributed by atoms with Crippen LogP contribution in [-0.4, -0.2) is 85.9 Å². The molecule has 0 saturated carbocycles. The maximum absolute atomic E-state index is 12.3. The largest absolute Gasteiger partial charge is 0.340 e. The molecule has 0 aromatic rings. The van der Waals surface area contributed by atoms with Gasteiger partial charge in [-0.2, -0.15) is 0 Å². The van der Waals surface area contributed by atoms with Crippen LogP contribution >= 0.6 is 0 Å². The van der Waals surface area contributed by atoms with E-state index in [1.165, 1.54) is 0 Å². The zero-order valence-corrected chi connectivity index (χ0v) is 11.9. The molecule has 2 rings (SSSR count). The van der Waals surface area contributed by atoms with Crippen molar-refractivity contribution in [1.82, 2.24) is 20.0 Å². The SMILES string of the molecule is CN(C)[C@@H]1CCCN(C(=O)CN2CCNCC2=O)C1. The molecule has 0 bridgehead atoms. The molecule has 0 aromatic heterocycles. The summed E-state index contributed by atoms with van der Waals surface area (Å²) in [5.74, 6) is 0.113. The van der Waals surface area contributed by atoms with Gasteiger partial charge in [0, 0.05) is 32.2 Å². The van der Waals surface area contributed by atoms with Crippen LogP contribution in [0.1, 0.15) is 12.8 Å². The van der Waals surface area contributed by atoms with Crippen molar-refractivity contribution in [3.05, 3.63) is 0 Å². The minimum absolute atomic E-state index is 0.0285. The Hall–Kier alpha value is -1.14. The van der Waals surface area contributed by atoms with Crippen molar-refractivity contribution in [3.8, 4) is 0 Å². The zero-order chi connectivity index (χ0) is 13.8. The van der Waals surface area contributed by atoms with E-state index in [0.29, 0.717) is 19.1 Å². The standard InChI is InChI=1S/C13H24N4O2/c1-15(2)11-4-3-6-16(9-11)13(19)10-17-7-5-14-8-12(17)18/h11,14H,3-10H2,1-2H3/t11-/m1/s1. The molecule has 6 heteroatoms. The first-order valence-electron chi connectivity index (χ1n) is 7.00. The van der Waals surface area contributed by atoms with Crippen molar-refractivity contribution in [2.24, 2.45) is 0 Å². The first-order chi connectivity index (χ1) is 9.08. The van der Waals surface area contributed by atoms with Crippen LogP contribution in [0.25, 0.3) is 0 Å². The predicted molar refractivity (Wildman–Crippen MR) is 72.7 cm³/mol. The van der Waals surface area contributed by atoms with Crippen molar-refractivity contribution in [1.29, 1.82) is 0 Å². The van der Waals surface area contributed by atoms with Crippen molar-refractivity contribution in [2.75, 3.05) is 53.4 Å². The van der Waals surface area contributed by atoms with Gasteiger partial charge < -0.3 is 20.0 Å². The maximum atomic E-state index is 12.3. The number of rotatable bonds is 3. The molecule has 2 aliphatic rings. The van der Waals surface area contributed by atoms with Crippen molar-refractivity contribution in [2.45, 2.75) is 18.9 Å². The van der Waals surface area contributed by atoms with E-state index in [-0.39, 0.29) is 18.4 Å². The fourth-order valence-corrected chi connectivity index (χ4v) is 2.68. The fourth-order valence-electron chi connectivity index (χ4n) is 2.68. The second-order valence-corrected chi connectivity index (χ2v) is 5.59. The highest BCUT2D eigenvalue weighted by molar-refractivity contribution is 5.86. The van der Waals surface area contributed by atoms with Crippen molar-refractivity contribution >= 4 is 11.8 Å². The highest BCUT2D eigenvalue weighted by Gasteiger charge is 2.27. The lowest BCUT2D eigenvalue weighted by molar-refractivity contribution is -0.142. The van der Waals surface area contributed by atoms with E-state index >= 15 is 0 Å². The summed E-state index contributed by atoms with van der Waals surface area (Å²) in [7, 11) is 4.11. The Morgan fingerprint density at radius 1 is 1.42 bits per heavy atom. The maximum Gasteiger partial charge on any atom is 0.242 e. The van der Waals surface area contributed by atoms with E-state index in [0.717, 1.165) is 32.5 Å². The quantitative estimate of drug-likeness (QED) is 0.711. The van der Waals surface area contributed by atoms with E-state index < -0.39 is 0 Å². The molecule has 2 fully saturated rings. The lowest BCUT2D eigenvalue weighted by atomic mass is 10.0. The third kappa shape index (κ3) is 3.67. The van der Waals surface area contributed by atoms with Gasteiger partial charge in [0.2, 0.25) is 11.8 Å². The Morgan fingerprint density at radius 3 is 2.89 bits per heavy atom. The Labute approximate surface area is 114 Å². The molecule has 2 amide bonds. The van der Waals surface area contributed by atoms with Gasteiger partial charge in [0.1, 0.15) is 0 Å². The van der Waals surface area contributed by atoms with Crippen molar-refractivity contribution in [3.63, 3.8) is 0 Å². The van der Waals surface area contributed by atoms with E-state index in [9.17, 15) is 9.59 Å². The summed E-state index contributed by atoms with van der Waals surface area (Å²) in [5, 5.41) is 3.02. The molecule has 2 heterocycles. The molecule has 0 unspecified atom stereocenters. The molecular weight excluding hydrogens is 244 g/mol. The topological polar surface area (TPSA) is 55.9 Å². The van der Waals surface area contributed by atoms with Gasteiger partial charge in [-0.3, -0.25) is 9.59 Å². The number of likely N-dealkylation sites (N-methyl/N-ethyl adjacent to an activating group) is 1. The van der Waals surface area contributed by atoms with Crippen LogP contribution < -0.4 is 5.32 Å². The normalized spacial score (nSPS) is 25.0. The summed E-state index contributed by atoms with van der Waals surface area (Å²) in [6.07, 6.45) is 2.19. The van der Waals surface area contributed by atoms with Crippen LogP contribution in [0.5, 0.6) is 0 Å². The number of piperidine rings is 1. The number of piperazine rings is 1. The fraction of sp³-hybridized carbons (Fsp3) is 0.846. The van der Waals surface area contributed by atoms with Gasteiger partial charge in [-0.05, 0) is 26.9 Å². The molecule has 0 radical (unpaired) electrons. The van der Waals surface area contributed by atoms with Gasteiger partial charge in [-0.25, -0.2) is 0 Å². The molecular formula is C13H24N4O2. The van der Waals surface area contributed by atoms with E-state index in [1.807, 2.05) is 4.90 Å². The summed E-state index contributed by atoms with van der Waals surface area (Å²) in [4.78, 5) is 29.7. The highest BCUT2D eigenvalue weighted by Crippen LogP contribution is 2.14. The van der Waals surface area contributed by atoms with Crippen LogP contribution in [0, 0.1) is 0 Å². The smallest absolute Gasteiger partial charge is 0.242 e. The number of amides is 2. The van der Waals surface area contributed by atoms with Gasteiger partial charge in [0.15, 0.2) is 0 Å². The molecule has 0 spiro atoms. The van der Waals surface area contributed by atoms with Gasteiger partial charge in [-0.15, -0.1) is 0 Å². The summed E-state index contributed by atoms with van der Waals surface area (Å²) in [6.45, 7) is 3.61. The lowest BCUT2D eigenvalue weighted by Crippen LogP contribution is -2.54. The molecule has 108 valence electrons. The number of carbonyl (C=O) groups excluding carboxylic acids is 2. The van der Waals surface area contributed by atoms with E-state index in [4.69, 9.17) is 0 Å². The number of likely N-dealkylation sites (tertiary alicyclic amines) is 1. The predicted octanol–water partition coefficient (Wildman–Crippen LogP) is -1.03. The Bertz CT molecular complexity index is 346. The van der Waals surface area contributed by atoms with Crippen LogP contribution in [-0.2, 0) is 9.59 Å². The van der Waals surface area contributed by atoms with Crippen molar-refractivity contribution < 1.29 is 9.59 Å². The minimum Gasteiger partial charge on any atom is -0.340 e. The number of hydrogen-bond donors (Lipinski definition) is 1. The van der Waals surface area contributed by atoms with Crippen LogP contribution in [0.2, 0.25) is 0 Å². The first-order valence-corrected chi connectivity index (χ1v) is 7.00. The molecule has 2 aliphatic heterocycles. The number of hydrogen-bond acceptors (Lipinski definition) is 4. The Morgan fingerprint density at radius 2 is 2.21 bits per heavy atom. The van der Waals surface area contributed by atoms with Crippen LogP contribution in [0.15, 0.2) is 0 Å². The number of carbonyl (C=O) groups is 2. The highest BCUT2D eigenvalue weighted by atomic mass is 16.2. The molecule has 1 N–H and O–H groups in total. The number of nitrogens with zero attached hydrogens (tertiary/aromatic N) is 3. The van der Waals surface area contributed by atoms with Crippen LogP contribution in [0.3, 0.4) is 0 Å². The summed E-state index contributed by atoms with van der Waals surface area (Å²) < 4.78 is 0. The molecule has 0 aromatic carbocycles. The second kappa shape index (κ2) is 6.34. The Kier molecular flexibility index (Phi) is 4.76. The third-order valence-corrected chi connectivity index (χ3v) is 3.99. The molecule has 0 aliphatic carbocycles. The Balaban J connectivity index is 1.86. The summed E-state index contributed by atoms with van der Waals surface area (Å²) >= 11 is 0. The van der Waals surface area contributed by atoms with Gasteiger partial charge >= 0.3 is 0 Å². The summed E-state index contributed by atoms with van der Waals surface area (Å²) in [6, 6.07) is 0.441. The van der Waals surface area contributed by atoms with Gasteiger partial charge in [-0.1, -0.05) is 0 Å². The number of nitrogens with one attached hydrogen (secondary N) is 1. The molecule has 2 saturated heterocycles. The minimum atomic E-state index is 0.0285. The molecule has 1 atom stereocenters. The zero-order valence-electron chi connectivity index (χ0n) is 11.9. The van der Waals surface area contributed by atoms with Crippen LogP contribution in [0.4, 0.5) is 0 Å². The molecule has 6 nitrogen and oxygen atoms in total. The first kappa shape index (κ1) is 14.3. The monoisotopic (exact) mass is 268 g/mol. The second-order valence-electron chi connectivity index (χ2n) is 5.59. The average Bonchev–Trinajstić information content (AvgIpc) is 2.41. The molecule has 19 heavy (non-hydrogen) atoms. The van der Waals surface area contributed by atoms with Gasteiger partial charge in [0.05, 0.1) is 13.1 Å². The summed E-state index contributed by atoms with van der Waals surface area (Å²) in [5.41, 5.74) is 0. The van der Waals surface area contributed by atoms with Gasteiger partial charge in [0.25, 0.3) is 0 Å². The van der Waals surface area contributed by atoms with E-state index in [2.05, 4.69) is 24.3 Å². The lowest BCUT2D eigenvalue weighted by Gasteiger charge is -2.37.